The summed E-state index contributed by atoms with van der Waals surface area (Å²) in [6, 6.07) is 1.93. The van der Waals surface area contributed by atoms with Crippen LogP contribution >= 0.6 is 23.1 Å². The van der Waals surface area contributed by atoms with Gasteiger partial charge in [-0.1, -0.05) is 11.8 Å². The summed E-state index contributed by atoms with van der Waals surface area (Å²) in [5.41, 5.74) is 2.05. The Labute approximate surface area is 109 Å². The Morgan fingerprint density at radius 1 is 1.24 bits per heavy atom. The lowest BCUT2D eigenvalue weighted by Gasteiger charge is -2.04. The van der Waals surface area contributed by atoms with E-state index in [1.165, 1.54) is 0 Å². The minimum Gasteiger partial charge on any atom is -0.373 e. The van der Waals surface area contributed by atoms with Crippen molar-refractivity contribution in [2.24, 2.45) is 0 Å². The van der Waals surface area contributed by atoms with E-state index in [2.05, 4.69) is 25.6 Å². The summed E-state index contributed by atoms with van der Waals surface area (Å²) in [4.78, 5) is 13.2. The summed E-state index contributed by atoms with van der Waals surface area (Å²) in [7, 11) is 1.86. The highest BCUT2D eigenvalue weighted by atomic mass is 32.2. The van der Waals surface area contributed by atoms with Crippen molar-refractivity contribution in [1.29, 1.82) is 0 Å². The number of hydrogen-bond acceptors (Lipinski definition) is 6. The van der Waals surface area contributed by atoms with Gasteiger partial charge in [0.15, 0.2) is 4.34 Å². The topological polar surface area (TPSA) is 50.7 Å². The maximum atomic E-state index is 4.41. The van der Waals surface area contributed by atoms with Gasteiger partial charge >= 0.3 is 0 Å². The van der Waals surface area contributed by atoms with Crippen LogP contribution < -0.4 is 5.32 Å². The third-order valence-corrected chi connectivity index (χ3v) is 4.21. The molecule has 0 saturated carbocycles. The van der Waals surface area contributed by atoms with Crippen molar-refractivity contribution in [2.45, 2.75) is 23.9 Å². The van der Waals surface area contributed by atoms with E-state index in [4.69, 9.17) is 0 Å². The van der Waals surface area contributed by atoms with Crippen LogP contribution in [0.25, 0.3) is 0 Å². The number of thioether (sulfide) groups is 1. The second-order valence-electron chi connectivity index (χ2n) is 3.60. The Morgan fingerprint density at radius 3 is 2.71 bits per heavy atom. The quantitative estimate of drug-likeness (QED) is 0.862. The lowest BCUT2D eigenvalue weighted by Crippen LogP contribution is -2.00. The maximum Gasteiger partial charge on any atom is 0.150 e. The van der Waals surface area contributed by atoms with Gasteiger partial charge in [0.25, 0.3) is 0 Å². The van der Waals surface area contributed by atoms with Crippen molar-refractivity contribution in [1.82, 2.24) is 15.0 Å². The molecule has 0 aliphatic rings. The smallest absolute Gasteiger partial charge is 0.150 e. The largest absolute Gasteiger partial charge is 0.373 e. The molecule has 2 aromatic rings. The van der Waals surface area contributed by atoms with Crippen molar-refractivity contribution < 1.29 is 0 Å². The molecule has 17 heavy (non-hydrogen) atoms. The third-order valence-electron chi connectivity index (χ3n) is 2.08. The Kier molecular flexibility index (Phi) is 3.96. The summed E-state index contributed by atoms with van der Waals surface area (Å²) in [6.45, 7) is 3.98. The van der Waals surface area contributed by atoms with Gasteiger partial charge in [-0.15, -0.1) is 11.3 Å². The maximum absolute atomic E-state index is 4.41. The van der Waals surface area contributed by atoms with Gasteiger partial charge < -0.3 is 5.32 Å². The molecule has 1 N–H and O–H groups in total. The predicted molar refractivity (Wildman–Crippen MR) is 72.7 cm³/mol. The van der Waals surface area contributed by atoms with Crippen LogP contribution in [0, 0.1) is 13.8 Å². The molecule has 0 bridgehead atoms. The van der Waals surface area contributed by atoms with Gasteiger partial charge in [0.2, 0.25) is 0 Å². The Bertz CT molecular complexity index is 510. The molecule has 0 saturated heterocycles. The SMILES string of the molecule is CNc1cc(C)nc(CSc2nc(C)cs2)n1. The van der Waals surface area contributed by atoms with Gasteiger partial charge in [0.05, 0.1) is 5.75 Å². The molecule has 90 valence electrons. The number of nitrogens with one attached hydrogen (secondary N) is 1. The van der Waals surface area contributed by atoms with Gasteiger partial charge in [0, 0.05) is 29.9 Å². The first-order chi connectivity index (χ1) is 8.17. The number of nitrogens with zero attached hydrogens (tertiary/aromatic N) is 3. The fourth-order valence-corrected chi connectivity index (χ4v) is 3.05. The van der Waals surface area contributed by atoms with E-state index < -0.39 is 0 Å². The Morgan fingerprint density at radius 2 is 2.06 bits per heavy atom. The first-order valence-electron chi connectivity index (χ1n) is 5.24. The van der Waals surface area contributed by atoms with Crippen molar-refractivity contribution in [2.75, 3.05) is 12.4 Å². The Hall–Kier alpha value is -1.14. The van der Waals surface area contributed by atoms with Crippen LogP contribution in [0.1, 0.15) is 17.2 Å². The molecule has 0 amide bonds. The molecule has 0 fully saturated rings. The summed E-state index contributed by atoms with van der Waals surface area (Å²) in [5, 5.41) is 5.09. The van der Waals surface area contributed by atoms with E-state index in [0.717, 1.165) is 33.1 Å². The summed E-state index contributed by atoms with van der Waals surface area (Å²) in [6.07, 6.45) is 0. The normalized spacial score (nSPS) is 10.5. The fourth-order valence-electron chi connectivity index (χ4n) is 1.35. The molecule has 0 radical (unpaired) electrons. The number of aromatic nitrogens is 3. The van der Waals surface area contributed by atoms with Gasteiger partial charge in [-0.2, -0.15) is 0 Å². The van der Waals surface area contributed by atoms with Crippen LogP contribution in [0.4, 0.5) is 5.82 Å². The minimum atomic E-state index is 0.753. The molecule has 6 heteroatoms. The van der Waals surface area contributed by atoms with Crippen LogP contribution in [0.15, 0.2) is 15.8 Å². The van der Waals surface area contributed by atoms with Crippen LogP contribution in [-0.4, -0.2) is 22.0 Å². The van der Waals surface area contributed by atoms with Crippen molar-refractivity contribution in [3.63, 3.8) is 0 Å². The monoisotopic (exact) mass is 266 g/mol. The van der Waals surface area contributed by atoms with Crippen molar-refractivity contribution in [3.8, 4) is 0 Å². The van der Waals surface area contributed by atoms with Crippen LogP contribution in [0.5, 0.6) is 0 Å². The summed E-state index contributed by atoms with van der Waals surface area (Å²) in [5.74, 6) is 2.46. The highest BCUT2D eigenvalue weighted by Gasteiger charge is 2.04. The molecule has 0 atom stereocenters. The molecule has 0 spiro atoms. The number of anilines is 1. The molecule has 0 aromatic carbocycles. The zero-order valence-corrected chi connectivity index (χ0v) is 11.7. The van der Waals surface area contributed by atoms with Gasteiger partial charge in [-0.3, -0.25) is 0 Å². The van der Waals surface area contributed by atoms with Gasteiger partial charge in [-0.05, 0) is 13.8 Å². The van der Waals surface area contributed by atoms with E-state index in [1.807, 2.05) is 27.0 Å². The number of aryl methyl sites for hydroxylation is 2. The first-order valence-corrected chi connectivity index (χ1v) is 7.11. The van der Waals surface area contributed by atoms with E-state index in [1.54, 1.807) is 23.1 Å². The van der Waals surface area contributed by atoms with E-state index in [0.29, 0.717) is 0 Å². The highest BCUT2D eigenvalue weighted by Crippen LogP contribution is 2.25. The van der Waals surface area contributed by atoms with Crippen LogP contribution in [0.3, 0.4) is 0 Å². The minimum absolute atomic E-state index is 0.753. The molecular weight excluding hydrogens is 252 g/mol. The summed E-state index contributed by atoms with van der Waals surface area (Å²) < 4.78 is 1.07. The van der Waals surface area contributed by atoms with Crippen LogP contribution in [0.2, 0.25) is 0 Å². The number of hydrogen-bond donors (Lipinski definition) is 1. The van der Waals surface area contributed by atoms with Crippen molar-refractivity contribution >= 4 is 28.9 Å². The highest BCUT2D eigenvalue weighted by molar-refractivity contribution is 8.00. The average molecular weight is 266 g/mol. The molecule has 4 nitrogen and oxygen atoms in total. The molecule has 2 aromatic heterocycles. The second-order valence-corrected chi connectivity index (χ2v) is 5.68. The molecule has 2 heterocycles. The number of thiazole rings is 1. The molecule has 2 rings (SSSR count). The van der Waals surface area contributed by atoms with E-state index in [9.17, 15) is 0 Å². The first kappa shape index (κ1) is 12.3. The molecule has 0 unspecified atom stereocenters. The second kappa shape index (κ2) is 5.46. The fraction of sp³-hybridized carbons (Fsp3) is 0.364. The van der Waals surface area contributed by atoms with E-state index >= 15 is 0 Å². The average Bonchev–Trinajstić information content (AvgIpc) is 2.72. The lowest BCUT2D eigenvalue weighted by atomic mass is 10.4. The summed E-state index contributed by atoms with van der Waals surface area (Å²) >= 11 is 3.34. The molecule has 0 aliphatic carbocycles. The van der Waals surface area contributed by atoms with Crippen molar-refractivity contribution in [3.05, 3.63) is 28.7 Å². The van der Waals surface area contributed by atoms with Gasteiger partial charge in [-0.25, -0.2) is 15.0 Å². The molecule has 0 aliphatic heterocycles. The predicted octanol–water partition coefficient (Wildman–Crippen LogP) is 2.88. The standard InChI is InChI=1S/C11H14N4S2/c1-7-4-9(12-3)15-10(13-7)6-17-11-14-8(2)5-16-11/h4-5H,6H2,1-3H3,(H,12,13,15). The lowest BCUT2D eigenvalue weighted by molar-refractivity contribution is 0.995. The molecular formula is C11H14N4S2. The third kappa shape index (κ3) is 3.41. The number of rotatable bonds is 4. The van der Waals surface area contributed by atoms with E-state index in [-0.39, 0.29) is 0 Å². The van der Waals surface area contributed by atoms with Gasteiger partial charge in [0.1, 0.15) is 11.6 Å². The Balaban J connectivity index is 2.05. The van der Waals surface area contributed by atoms with Crippen LogP contribution in [-0.2, 0) is 5.75 Å². The zero-order valence-electron chi connectivity index (χ0n) is 10.0. The zero-order chi connectivity index (χ0) is 12.3.